The predicted octanol–water partition coefficient (Wildman–Crippen LogP) is 1.56. The van der Waals surface area contributed by atoms with Gasteiger partial charge in [-0.1, -0.05) is 26.2 Å². The molecule has 2 unspecified atom stereocenters. The summed E-state index contributed by atoms with van der Waals surface area (Å²) in [5.41, 5.74) is 11.6. The lowest BCUT2D eigenvalue weighted by Crippen LogP contribution is -2.42. The van der Waals surface area contributed by atoms with Gasteiger partial charge in [0.05, 0.1) is 0 Å². The maximum atomic E-state index is 5.82. The highest BCUT2D eigenvalue weighted by Gasteiger charge is 2.08. The van der Waals surface area contributed by atoms with Crippen molar-refractivity contribution in [3.05, 3.63) is 0 Å². The largest absolute Gasteiger partial charge is 0.327 e. The zero-order valence-electron chi connectivity index (χ0n) is 10.7. The number of hydrogen-bond acceptors (Lipinski definition) is 3. The van der Waals surface area contributed by atoms with Crippen molar-refractivity contribution in [3.63, 3.8) is 0 Å². The highest BCUT2D eigenvalue weighted by atomic mass is 15.1. The van der Waals surface area contributed by atoms with Crippen LogP contribution in [0.2, 0.25) is 0 Å². The smallest absolute Gasteiger partial charge is 0.0139 e. The van der Waals surface area contributed by atoms with Gasteiger partial charge in [0.1, 0.15) is 0 Å². The van der Waals surface area contributed by atoms with E-state index in [9.17, 15) is 0 Å². The molecule has 0 heterocycles. The van der Waals surface area contributed by atoms with E-state index in [1.807, 2.05) is 0 Å². The lowest BCUT2D eigenvalue weighted by Gasteiger charge is -2.25. The van der Waals surface area contributed by atoms with Crippen LogP contribution in [0.4, 0.5) is 0 Å². The fraction of sp³-hybridized carbons (Fsp3) is 1.00. The van der Waals surface area contributed by atoms with Crippen molar-refractivity contribution in [3.8, 4) is 0 Å². The third-order valence-electron chi connectivity index (χ3n) is 2.42. The lowest BCUT2D eigenvalue weighted by molar-refractivity contribution is 0.244. The van der Waals surface area contributed by atoms with Crippen molar-refractivity contribution < 1.29 is 0 Å². The molecular weight excluding hydrogens is 186 g/mol. The van der Waals surface area contributed by atoms with Crippen molar-refractivity contribution in [1.29, 1.82) is 0 Å². The van der Waals surface area contributed by atoms with Crippen LogP contribution in [0, 0.1) is 0 Å². The number of hydrogen-bond donors (Lipinski definition) is 2. The molecule has 0 aliphatic heterocycles. The average Bonchev–Trinajstić information content (AvgIpc) is 2.10. The Balaban J connectivity index is 3.69. The van der Waals surface area contributed by atoms with Gasteiger partial charge in [0, 0.05) is 25.2 Å². The Kier molecular flexibility index (Phi) is 9.06. The summed E-state index contributed by atoms with van der Waals surface area (Å²) in [5.74, 6) is 0. The summed E-state index contributed by atoms with van der Waals surface area (Å²) < 4.78 is 0. The number of nitrogens with two attached hydrogens (primary N) is 2. The zero-order valence-corrected chi connectivity index (χ0v) is 10.7. The SMILES string of the molecule is CCCCCCN(CC(C)N)CC(C)N. The van der Waals surface area contributed by atoms with E-state index in [0.717, 1.165) is 19.6 Å². The van der Waals surface area contributed by atoms with E-state index in [1.54, 1.807) is 0 Å². The molecule has 0 rings (SSSR count). The van der Waals surface area contributed by atoms with Crippen LogP contribution in [0.25, 0.3) is 0 Å². The van der Waals surface area contributed by atoms with E-state index in [1.165, 1.54) is 25.7 Å². The molecule has 0 aliphatic rings. The molecule has 92 valence electrons. The van der Waals surface area contributed by atoms with E-state index in [2.05, 4.69) is 25.7 Å². The second kappa shape index (κ2) is 9.13. The number of nitrogens with zero attached hydrogens (tertiary/aromatic N) is 1. The Morgan fingerprint density at radius 3 is 1.87 bits per heavy atom. The molecule has 0 spiro atoms. The first-order valence-corrected chi connectivity index (χ1v) is 6.29. The maximum absolute atomic E-state index is 5.82. The summed E-state index contributed by atoms with van der Waals surface area (Å²) in [4.78, 5) is 2.39. The molecule has 3 nitrogen and oxygen atoms in total. The van der Waals surface area contributed by atoms with E-state index < -0.39 is 0 Å². The molecule has 0 amide bonds. The van der Waals surface area contributed by atoms with E-state index in [0.29, 0.717) is 0 Å². The monoisotopic (exact) mass is 215 g/mol. The Bertz CT molecular complexity index is 125. The van der Waals surface area contributed by atoms with Gasteiger partial charge in [-0.2, -0.15) is 0 Å². The topological polar surface area (TPSA) is 55.3 Å². The van der Waals surface area contributed by atoms with Gasteiger partial charge in [0.2, 0.25) is 0 Å². The molecule has 15 heavy (non-hydrogen) atoms. The Morgan fingerprint density at radius 2 is 1.47 bits per heavy atom. The minimum absolute atomic E-state index is 0.245. The lowest BCUT2D eigenvalue weighted by atomic mass is 10.2. The summed E-state index contributed by atoms with van der Waals surface area (Å²) in [5, 5.41) is 0. The first kappa shape index (κ1) is 14.9. The Labute approximate surface area is 95.2 Å². The van der Waals surface area contributed by atoms with Gasteiger partial charge in [-0.05, 0) is 26.8 Å². The van der Waals surface area contributed by atoms with Crippen LogP contribution in [-0.4, -0.2) is 36.6 Å². The summed E-state index contributed by atoms with van der Waals surface area (Å²) in [6.07, 6.45) is 5.23. The van der Waals surface area contributed by atoms with Crippen LogP contribution in [0.15, 0.2) is 0 Å². The van der Waals surface area contributed by atoms with Crippen molar-refractivity contribution >= 4 is 0 Å². The first-order chi connectivity index (χ1) is 7.06. The molecule has 0 radical (unpaired) electrons. The molecule has 0 saturated carbocycles. The highest BCUT2D eigenvalue weighted by molar-refractivity contribution is 4.68. The van der Waals surface area contributed by atoms with Crippen molar-refractivity contribution in [2.75, 3.05) is 19.6 Å². The van der Waals surface area contributed by atoms with E-state index in [-0.39, 0.29) is 12.1 Å². The molecule has 0 saturated heterocycles. The van der Waals surface area contributed by atoms with Gasteiger partial charge in [0.25, 0.3) is 0 Å². The maximum Gasteiger partial charge on any atom is 0.0139 e. The van der Waals surface area contributed by atoms with Crippen molar-refractivity contribution in [2.24, 2.45) is 11.5 Å². The first-order valence-electron chi connectivity index (χ1n) is 6.29. The summed E-state index contributed by atoms with van der Waals surface area (Å²) in [6, 6.07) is 0.491. The van der Waals surface area contributed by atoms with Crippen LogP contribution >= 0.6 is 0 Å². The van der Waals surface area contributed by atoms with Gasteiger partial charge in [0.15, 0.2) is 0 Å². The van der Waals surface area contributed by atoms with Gasteiger partial charge < -0.3 is 16.4 Å². The number of unbranched alkanes of at least 4 members (excludes halogenated alkanes) is 3. The Morgan fingerprint density at radius 1 is 0.933 bits per heavy atom. The standard InChI is InChI=1S/C12H29N3/c1-4-5-6-7-8-15(9-11(2)13)10-12(3)14/h11-12H,4-10,13-14H2,1-3H3. The van der Waals surface area contributed by atoms with Crippen LogP contribution in [-0.2, 0) is 0 Å². The molecule has 0 aromatic heterocycles. The van der Waals surface area contributed by atoms with Gasteiger partial charge in [-0.3, -0.25) is 0 Å². The summed E-state index contributed by atoms with van der Waals surface area (Å²) in [6.45, 7) is 9.42. The molecule has 0 aliphatic carbocycles. The number of rotatable bonds is 9. The van der Waals surface area contributed by atoms with Crippen LogP contribution < -0.4 is 11.5 Å². The fourth-order valence-electron chi connectivity index (χ4n) is 1.83. The van der Waals surface area contributed by atoms with Crippen LogP contribution in [0.3, 0.4) is 0 Å². The molecule has 4 N–H and O–H groups in total. The molecule has 0 fully saturated rings. The average molecular weight is 215 g/mol. The normalized spacial score (nSPS) is 15.6. The van der Waals surface area contributed by atoms with Gasteiger partial charge in [-0.25, -0.2) is 0 Å². The third-order valence-corrected chi connectivity index (χ3v) is 2.42. The molecule has 0 aromatic carbocycles. The summed E-state index contributed by atoms with van der Waals surface area (Å²) in [7, 11) is 0. The second-order valence-electron chi connectivity index (χ2n) is 4.77. The quantitative estimate of drug-likeness (QED) is 0.574. The molecule has 2 atom stereocenters. The second-order valence-corrected chi connectivity index (χ2v) is 4.77. The third kappa shape index (κ3) is 10.2. The van der Waals surface area contributed by atoms with E-state index in [4.69, 9.17) is 11.5 Å². The van der Waals surface area contributed by atoms with Crippen molar-refractivity contribution in [2.45, 2.75) is 58.5 Å². The minimum atomic E-state index is 0.245. The van der Waals surface area contributed by atoms with Crippen LogP contribution in [0.1, 0.15) is 46.5 Å². The minimum Gasteiger partial charge on any atom is -0.327 e. The van der Waals surface area contributed by atoms with Crippen LogP contribution in [0.5, 0.6) is 0 Å². The molecular formula is C12H29N3. The highest BCUT2D eigenvalue weighted by Crippen LogP contribution is 2.02. The van der Waals surface area contributed by atoms with E-state index >= 15 is 0 Å². The summed E-state index contributed by atoms with van der Waals surface area (Å²) >= 11 is 0. The fourth-order valence-corrected chi connectivity index (χ4v) is 1.83. The Hall–Kier alpha value is -0.120. The molecule has 0 aromatic rings. The van der Waals surface area contributed by atoms with Crippen molar-refractivity contribution in [1.82, 2.24) is 4.90 Å². The van der Waals surface area contributed by atoms with Gasteiger partial charge in [-0.15, -0.1) is 0 Å². The predicted molar refractivity (Wildman–Crippen MR) is 67.9 cm³/mol. The van der Waals surface area contributed by atoms with Gasteiger partial charge >= 0.3 is 0 Å². The molecule has 0 bridgehead atoms. The molecule has 3 heteroatoms. The zero-order chi connectivity index (χ0) is 11.7.